The predicted octanol–water partition coefficient (Wildman–Crippen LogP) is 4.11. The number of carboxylic acid groups (broad SMARTS) is 1. The predicted molar refractivity (Wildman–Crippen MR) is 73.8 cm³/mol. The van der Waals surface area contributed by atoms with Crippen LogP contribution in [0.25, 0.3) is 10.4 Å². The Morgan fingerprint density at radius 1 is 1.41 bits per heavy atom. The molecule has 1 aromatic heterocycles. The molecule has 0 unspecified atom stereocenters. The molecule has 0 spiro atoms. The van der Waals surface area contributed by atoms with E-state index in [-0.39, 0.29) is 10.6 Å². The number of halogens is 2. The number of hydrogen-bond acceptors (Lipinski definition) is 3. The highest BCUT2D eigenvalue weighted by Gasteiger charge is 2.15. The summed E-state index contributed by atoms with van der Waals surface area (Å²) in [6, 6.07) is 7.03. The van der Waals surface area contributed by atoms with Gasteiger partial charge in [-0.05, 0) is 24.3 Å². The lowest BCUT2D eigenvalue weighted by Gasteiger charge is -2.01. The summed E-state index contributed by atoms with van der Waals surface area (Å²) in [6.45, 7) is 0. The molecule has 0 aliphatic heterocycles. The van der Waals surface area contributed by atoms with Gasteiger partial charge in [0.2, 0.25) is 0 Å². The summed E-state index contributed by atoms with van der Waals surface area (Å²) in [4.78, 5) is 11.8. The molecule has 0 saturated carbocycles. The van der Waals surface area contributed by atoms with Crippen LogP contribution in [-0.4, -0.2) is 11.1 Å². The molecule has 2 aromatic rings. The van der Waals surface area contributed by atoms with Crippen molar-refractivity contribution >= 4 is 50.5 Å². The topological polar surface area (TPSA) is 63.3 Å². The van der Waals surface area contributed by atoms with Crippen LogP contribution in [0.15, 0.2) is 28.7 Å². The van der Waals surface area contributed by atoms with Crippen molar-refractivity contribution in [1.82, 2.24) is 0 Å². The minimum Gasteiger partial charge on any atom is -0.477 e. The number of carbonyl (C=O) groups is 1. The minimum absolute atomic E-state index is 0.135. The standard InChI is InChI=1S/C11H7BrClNO2S/c12-5-1-2-7(13)6(3-5)9-4-8(14)10(17-9)11(15)16/h1-4H,14H2,(H,15,16). The Bertz CT molecular complexity index is 597. The number of benzene rings is 1. The van der Waals surface area contributed by atoms with Gasteiger partial charge in [-0.1, -0.05) is 27.5 Å². The van der Waals surface area contributed by atoms with E-state index in [1.165, 1.54) is 0 Å². The van der Waals surface area contributed by atoms with Gasteiger partial charge in [-0.2, -0.15) is 0 Å². The number of nitrogens with two attached hydrogens (primary N) is 1. The third kappa shape index (κ3) is 2.46. The summed E-state index contributed by atoms with van der Waals surface area (Å²) in [5.74, 6) is -1.02. The maximum absolute atomic E-state index is 10.9. The lowest BCUT2D eigenvalue weighted by molar-refractivity contribution is 0.0703. The molecule has 1 aromatic carbocycles. The van der Waals surface area contributed by atoms with E-state index >= 15 is 0 Å². The van der Waals surface area contributed by atoms with Crippen LogP contribution in [0.2, 0.25) is 5.02 Å². The average Bonchev–Trinajstić information content (AvgIpc) is 2.64. The molecule has 3 nitrogen and oxygen atoms in total. The molecule has 0 bridgehead atoms. The summed E-state index contributed by atoms with van der Waals surface area (Å²) in [7, 11) is 0. The van der Waals surface area contributed by atoms with Crippen molar-refractivity contribution in [2.75, 3.05) is 5.73 Å². The fourth-order valence-corrected chi connectivity index (χ4v) is 2.98. The van der Waals surface area contributed by atoms with Gasteiger partial charge >= 0.3 is 5.97 Å². The molecule has 1 heterocycles. The van der Waals surface area contributed by atoms with Gasteiger partial charge < -0.3 is 10.8 Å². The Morgan fingerprint density at radius 3 is 2.71 bits per heavy atom. The monoisotopic (exact) mass is 331 g/mol. The molecule has 0 amide bonds. The van der Waals surface area contributed by atoms with Crippen molar-refractivity contribution in [3.63, 3.8) is 0 Å². The lowest BCUT2D eigenvalue weighted by atomic mass is 10.2. The molecule has 2 rings (SSSR count). The van der Waals surface area contributed by atoms with Crippen LogP contribution >= 0.6 is 38.9 Å². The quantitative estimate of drug-likeness (QED) is 0.870. The van der Waals surface area contributed by atoms with Crippen LogP contribution in [0.4, 0.5) is 5.69 Å². The summed E-state index contributed by atoms with van der Waals surface area (Å²) in [5.41, 5.74) is 6.67. The zero-order chi connectivity index (χ0) is 12.6. The van der Waals surface area contributed by atoms with Crippen LogP contribution in [0.3, 0.4) is 0 Å². The number of anilines is 1. The molecule has 88 valence electrons. The van der Waals surface area contributed by atoms with Crippen molar-refractivity contribution in [2.24, 2.45) is 0 Å². The van der Waals surface area contributed by atoms with E-state index in [9.17, 15) is 4.79 Å². The van der Waals surface area contributed by atoms with Crippen LogP contribution in [0.1, 0.15) is 9.67 Å². The number of carboxylic acids is 1. The second-order valence-corrected chi connectivity index (χ2v) is 5.70. The second kappa shape index (κ2) is 4.68. The molecule has 0 fully saturated rings. The van der Waals surface area contributed by atoms with E-state index < -0.39 is 5.97 Å². The molecule has 3 N–H and O–H groups in total. The summed E-state index contributed by atoms with van der Waals surface area (Å²) >= 11 is 10.5. The van der Waals surface area contributed by atoms with E-state index in [1.807, 2.05) is 12.1 Å². The van der Waals surface area contributed by atoms with Gasteiger partial charge in [-0.25, -0.2) is 4.79 Å². The van der Waals surface area contributed by atoms with E-state index in [2.05, 4.69) is 15.9 Å². The Labute approximate surface area is 115 Å². The summed E-state index contributed by atoms with van der Waals surface area (Å²) in [6.07, 6.45) is 0. The largest absolute Gasteiger partial charge is 0.477 e. The van der Waals surface area contributed by atoms with Gasteiger partial charge in [0, 0.05) is 19.9 Å². The van der Waals surface area contributed by atoms with E-state index in [0.29, 0.717) is 5.02 Å². The normalized spacial score (nSPS) is 10.5. The van der Waals surface area contributed by atoms with Crippen LogP contribution in [0.5, 0.6) is 0 Å². The van der Waals surface area contributed by atoms with E-state index in [4.69, 9.17) is 22.4 Å². The Morgan fingerprint density at radius 2 is 2.12 bits per heavy atom. The van der Waals surface area contributed by atoms with E-state index in [0.717, 1.165) is 26.3 Å². The first kappa shape index (κ1) is 12.4. The molecule has 0 aliphatic rings. The van der Waals surface area contributed by atoms with Crippen LogP contribution < -0.4 is 5.73 Å². The first-order valence-corrected chi connectivity index (χ1v) is 6.56. The highest BCUT2D eigenvalue weighted by molar-refractivity contribution is 9.10. The SMILES string of the molecule is Nc1cc(-c2cc(Br)ccc2Cl)sc1C(=O)O. The van der Waals surface area contributed by atoms with Gasteiger partial charge in [0.25, 0.3) is 0 Å². The Balaban J connectivity index is 2.57. The van der Waals surface area contributed by atoms with Gasteiger partial charge in [0.05, 0.1) is 5.69 Å². The molecular formula is C11H7BrClNO2S. The molecular weight excluding hydrogens is 326 g/mol. The Kier molecular flexibility index (Phi) is 3.42. The average molecular weight is 333 g/mol. The fourth-order valence-electron chi connectivity index (χ4n) is 1.39. The molecule has 0 aliphatic carbocycles. The maximum atomic E-state index is 10.9. The Hall–Kier alpha value is -1.04. The van der Waals surface area contributed by atoms with Gasteiger partial charge in [0.15, 0.2) is 0 Å². The highest BCUT2D eigenvalue weighted by atomic mass is 79.9. The number of rotatable bonds is 2. The zero-order valence-electron chi connectivity index (χ0n) is 8.41. The number of hydrogen-bond donors (Lipinski definition) is 2. The van der Waals surface area contributed by atoms with Crippen molar-refractivity contribution < 1.29 is 9.90 Å². The lowest BCUT2D eigenvalue weighted by Crippen LogP contribution is -1.96. The molecule has 0 radical (unpaired) electrons. The molecule has 6 heteroatoms. The first-order chi connectivity index (χ1) is 7.99. The smallest absolute Gasteiger partial charge is 0.348 e. The molecule has 17 heavy (non-hydrogen) atoms. The number of thiophene rings is 1. The minimum atomic E-state index is -1.02. The second-order valence-electron chi connectivity index (χ2n) is 3.32. The third-order valence-electron chi connectivity index (χ3n) is 2.15. The van der Waals surface area contributed by atoms with Crippen molar-refractivity contribution in [2.45, 2.75) is 0 Å². The van der Waals surface area contributed by atoms with Gasteiger partial charge in [0.1, 0.15) is 4.88 Å². The maximum Gasteiger partial charge on any atom is 0.348 e. The molecule has 0 atom stereocenters. The first-order valence-electron chi connectivity index (χ1n) is 4.57. The summed E-state index contributed by atoms with van der Waals surface area (Å²) < 4.78 is 0.876. The summed E-state index contributed by atoms with van der Waals surface area (Å²) in [5, 5.41) is 9.50. The zero-order valence-corrected chi connectivity index (χ0v) is 11.6. The van der Waals surface area contributed by atoms with Crippen LogP contribution in [-0.2, 0) is 0 Å². The van der Waals surface area contributed by atoms with Crippen LogP contribution in [0, 0.1) is 0 Å². The molecule has 0 saturated heterocycles. The fraction of sp³-hybridized carbons (Fsp3) is 0. The third-order valence-corrected chi connectivity index (χ3v) is 4.14. The van der Waals surface area contributed by atoms with Gasteiger partial charge in [-0.3, -0.25) is 0 Å². The number of aromatic carboxylic acids is 1. The van der Waals surface area contributed by atoms with Crippen molar-refractivity contribution in [1.29, 1.82) is 0 Å². The van der Waals surface area contributed by atoms with Crippen molar-refractivity contribution in [3.05, 3.63) is 38.6 Å². The van der Waals surface area contributed by atoms with Gasteiger partial charge in [-0.15, -0.1) is 11.3 Å². The highest BCUT2D eigenvalue weighted by Crippen LogP contribution is 2.38. The van der Waals surface area contributed by atoms with E-state index in [1.54, 1.807) is 12.1 Å². The number of nitrogen functional groups attached to an aromatic ring is 1. The van der Waals surface area contributed by atoms with Crippen molar-refractivity contribution in [3.8, 4) is 10.4 Å².